The number of nitrogens with two attached hydrogens (primary N) is 1. The molecule has 0 saturated heterocycles. The molecule has 2 unspecified atom stereocenters. The standard InChI is InChI=1S/C9H11BrClNO2/c10-8-5(2-1-3-6(8)11)9(14)7(13)4-12/h1-3,7,9,13-14H,4,12H2. The molecule has 1 aromatic rings. The quantitative estimate of drug-likeness (QED) is 0.785. The Morgan fingerprint density at radius 2 is 2.07 bits per heavy atom. The molecule has 0 aliphatic carbocycles. The average Bonchev–Trinajstić information content (AvgIpc) is 2.20. The normalized spacial score (nSPS) is 15.2. The Morgan fingerprint density at radius 1 is 1.43 bits per heavy atom. The van der Waals surface area contributed by atoms with Crippen molar-refractivity contribution in [3.8, 4) is 0 Å². The van der Waals surface area contributed by atoms with Crippen molar-refractivity contribution in [1.29, 1.82) is 0 Å². The Morgan fingerprint density at radius 3 is 2.64 bits per heavy atom. The fourth-order valence-electron chi connectivity index (χ4n) is 1.09. The Balaban J connectivity index is 3.01. The summed E-state index contributed by atoms with van der Waals surface area (Å²) in [5, 5.41) is 19.5. The van der Waals surface area contributed by atoms with Crippen molar-refractivity contribution in [2.24, 2.45) is 5.73 Å². The molecule has 1 aromatic carbocycles. The first-order valence-corrected chi connectivity index (χ1v) is 5.25. The highest BCUT2D eigenvalue weighted by molar-refractivity contribution is 9.10. The van der Waals surface area contributed by atoms with Crippen LogP contribution in [0.2, 0.25) is 5.02 Å². The first-order valence-electron chi connectivity index (χ1n) is 4.08. The minimum absolute atomic E-state index is 0.000119. The number of rotatable bonds is 3. The van der Waals surface area contributed by atoms with E-state index < -0.39 is 12.2 Å². The molecule has 5 heteroatoms. The van der Waals surface area contributed by atoms with E-state index in [9.17, 15) is 10.2 Å². The number of aliphatic hydroxyl groups is 2. The second-order valence-corrected chi connectivity index (χ2v) is 4.09. The lowest BCUT2D eigenvalue weighted by Gasteiger charge is -2.18. The lowest BCUT2D eigenvalue weighted by molar-refractivity contribution is 0.0239. The van der Waals surface area contributed by atoms with Gasteiger partial charge in [0.2, 0.25) is 0 Å². The van der Waals surface area contributed by atoms with Crippen LogP contribution >= 0.6 is 27.5 Å². The molecule has 0 fully saturated rings. The molecule has 0 aliphatic heterocycles. The maximum Gasteiger partial charge on any atom is 0.107 e. The summed E-state index contributed by atoms with van der Waals surface area (Å²) in [5.41, 5.74) is 5.78. The van der Waals surface area contributed by atoms with E-state index in [1.165, 1.54) is 0 Å². The molecule has 78 valence electrons. The predicted octanol–water partition coefficient (Wildman–Crippen LogP) is 1.46. The molecule has 0 aliphatic rings. The SMILES string of the molecule is NCC(O)C(O)c1cccc(Cl)c1Br. The van der Waals surface area contributed by atoms with Crippen LogP contribution in [0.15, 0.2) is 22.7 Å². The third-order valence-electron chi connectivity index (χ3n) is 1.91. The summed E-state index contributed by atoms with van der Waals surface area (Å²) in [6.45, 7) is 0.000119. The number of hydrogen-bond acceptors (Lipinski definition) is 3. The van der Waals surface area contributed by atoms with Crippen LogP contribution in [0.3, 0.4) is 0 Å². The van der Waals surface area contributed by atoms with Crippen LogP contribution in [0.1, 0.15) is 11.7 Å². The zero-order chi connectivity index (χ0) is 10.7. The monoisotopic (exact) mass is 279 g/mol. The molecule has 0 aromatic heterocycles. The summed E-state index contributed by atoms with van der Waals surface area (Å²) >= 11 is 9.07. The highest BCUT2D eigenvalue weighted by Crippen LogP contribution is 2.31. The molecule has 14 heavy (non-hydrogen) atoms. The first kappa shape index (κ1) is 11.9. The van der Waals surface area contributed by atoms with Gasteiger partial charge in [0.15, 0.2) is 0 Å². The van der Waals surface area contributed by atoms with Crippen LogP contribution in [-0.2, 0) is 0 Å². The summed E-state index contributed by atoms with van der Waals surface area (Å²) in [5.74, 6) is 0. The summed E-state index contributed by atoms with van der Waals surface area (Å²) in [6.07, 6.45) is -2.00. The first-order chi connectivity index (χ1) is 6.57. The van der Waals surface area contributed by atoms with Gasteiger partial charge in [0, 0.05) is 11.0 Å². The highest BCUT2D eigenvalue weighted by Gasteiger charge is 2.19. The minimum Gasteiger partial charge on any atom is -0.389 e. The zero-order valence-electron chi connectivity index (χ0n) is 7.32. The van der Waals surface area contributed by atoms with Gasteiger partial charge in [-0.3, -0.25) is 0 Å². The van der Waals surface area contributed by atoms with E-state index in [0.717, 1.165) is 0 Å². The van der Waals surface area contributed by atoms with E-state index >= 15 is 0 Å². The van der Waals surface area contributed by atoms with Gasteiger partial charge in [0.25, 0.3) is 0 Å². The van der Waals surface area contributed by atoms with Crippen molar-refractivity contribution < 1.29 is 10.2 Å². The van der Waals surface area contributed by atoms with E-state index in [4.69, 9.17) is 17.3 Å². The third-order valence-corrected chi connectivity index (χ3v) is 3.33. The van der Waals surface area contributed by atoms with Crippen LogP contribution in [0.25, 0.3) is 0 Å². The van der Waals surface area contributed by atoms with Gasteiger partial charge in [-0.25, -0.2) is 0 Å². The van der Waals surface area contributed by atoms with Gasteiger partial charge in [-0.2, -0.15) is 0 Å². The molecule has 0 amide bonds. The van der Waals surface area contributed by atoms with Crippen molar-refractivity contribution in [1.82, 2.24) is 0 Å². The van der Waals surface area contributed by atoms with Crippen LogP contribution in [0.4, 0.5) is 0 Å². The fourth-order valence-corrected chi connectivity index (χ4v) is 1.77. The van der Waals surface area contributed by atoms with Crippen molar-refractivity contribution in [2.75, 3.05) is 6.54 Å². The lowest BCUT2D eigenvalue weighted by atomic mass is 10.0. The predicted molar refractivity (Wildman–Crippen MR) is 59.2 cm³/mol. The molecule has 0 bridgehead atoms. The van der Waals surface area contributed by atoms with Gasteiger partial charge in [-0.1, -0.05) is 23.7 Å². The van der Waals surface area contributed by atoms with Crippen LogP contribution in [0.5, 0.6) is 0 Å². The molecular formula is C9H11BrClNO2. The maximum atomic E-state index is 9.68. The van der Waals surface area contributed by atoms with E-state index in [1.807, 2.05) is 0 Å². The maximum absolute atomic E-state index is 9.68. The molecule has 0 heterocycles. The van der Waals surface area contributed by atoms with Crippen LogP contribution in [0, 0.1) is 0 Å². The second kappa shape index (κ2) is 5.09. The van der Waals surface area contributed by atoms with Crippen LogP contribution < -0.4 is 5.73 Å². The van der Waals surface area contributed by atoms with Gasteiger partial charge in [0.1, 0.15) is 6.10 Å². The summed E-state index contributed by atoms with van der Waals surface area (Å²) in [4.78, 5) is 0. The molecule has 2 atom stereocenters. The van der Waals surface area contributed by atoms with E-state index in [1.54, 1.807) is 18.2 Å². The second-order valence-electron chi connectivity index (χ2n) is 2.89. The van der Waals surface area contributed by atoms with E-state index in [0.29, 0.717) is 15.1 Å². The van der Waals surface area contributed by atoms with Crippen molar-refractivity contribution >= 4 is 27.5 Å². The molecule has 1 rings (SSSR count). The Hall–Kier alpha value is -0.130. The smallest absolute Gasteiger partial charge is 0.107 e. The number of hydrogen-bond donors (Lipinski definition) is 3. The van der Waals surface area contributed by atoms with E-state index in [2.05, 4.69) is 15.9 Å². The molecule has 0 radical (unpaired) electrons. The molecule has 3 nitrogen and oxygen atoms in total. The Labute approximate surface area is 95.6 Å². The number of benzene rings is 1. The number of aliphatic hydroxyl groups excluding tert-OH is 2. The Bertz CT molecular complexity index is 322. The van der Waals surface area contributed by atoms with Crippen molar-refractivity contribution in [2.45, 2.75) is 12.2 Å². The lowest BCUT2D eigenvalue weighted by Crippen LogP contribution is -2.27. The Kier molecular flexibility index (Phi) is 4.34. The van der Waals surface area contributed by atoms with Gasteiger partial charge < -0.3 is 15.9 Å². The van der Waals surface area contributed by atoms with Crippen molar-refractivity contribution in [3.05, 3.63) is 33.3 Å². The summed E-state index contributed by atoms with van der Waals surface area (Å²) < 4.78 is 0.585. The largest absolute Gasteiger partial charge is 0.389 e. The summed E-state index contributed by atoms with van der Waals surface area (Å²) in [7, 11) is 0. The minimum atomic E-state index is -1.02. The van der Waals surface area contributed by atoms with Gasteiger partial charge in [0.05, 0.1) is 11.1 Å². The van der Waals surface area contributed by atoms with Crippen molar-refractivity contribution in [3.63, 3.8) is 0 Å². The average molecular weight is 281 g/mol. The molecular weight excluding hydrogens is 269 g/mol. The topological polar surface area (TPSA) is 66.5 Å². The third kappa shape index (κ3) is 2.46. The zero-order valence-corrected chi connectivity index (χ0v) is 9.66. The van der Waals surface area contributed by atoms with Crippen LogP contribution in [-0.4, -0.2) is 22.9 Å². The fraction of sp³-hybridized carbons (Fsp3) is 0.333. The van der Waals surface area contributed by atoms with Gasteiger partial charge >= 0.3 is 0 Å². The van der Waals surface area contributed by atoms with Gasteiger partial charge in [-0.05, 0) is 27.6 Å². The molecule has 4 N–H and O–H groups in total. The number of halogens is 2. The summed E-state index contributed by atoms with van der Waals surface area (Å²) in [6, 6.07) is 5.07. The molecule has 0 spiro atoms. The highest BCUT2D eigenvalue weighted by atomic mass is 79.9. The van der Waals surface area contributed by atoms with E-state index in [-0.39, 0.29) is 6.54 Å². The van der Waals surface area contributed by atoms with Gasteiger partial charge in [-0.15, -0.1) is 0 Å². The molecule has 0 saturated carbocycles.